The van der Waals surface area contributed by atoms with Gasteiger partial charge in [0.25, 0.3) is 10.2 Å². The van der Waals surface area contributed by atoms with Crippen molar-refractivity contribution >= 4 is 22.6 Å². The van der Waals surface area contributed by atoms with Crippen LogP contribution in [-0.4, -0.2) is 49.8 Å². The van der Waals surface area contributed by atoms with E-state index in [1.54, 1.807) is 11.4 Å². The average molecular weight is 300 g/mol. The summed E-state index contributed by atoms with van der Waals surface area (Å²) in [6.07, 6.45) is 1.55. The summed E-state index contributed by atoms with van der Waals surface area (Å²) in [5.41, 5.74) is 5.86. The minimum Gasteiger partial charge on any atom is -0.327 e. The Morgan fingerprint density at radius 3 is 2.44 bits per heavy atom. The molecule has 110 valence electrons. The van der Waals surface area contributed by atoms with E-state index in [-0.39, 0.29) is 23.9 Å². The van der Waals surface area contributed by atoms with Crippen molar-refractivity contribution in [3.63, 3.8) is 0 Å². The minimum absolute atomic E-state index is 0. The zero-order chi connectivity index (χ0) is 13.3. The highest BCUT2D eigenvalue weighted by molar-refractivity contribution is 7.86. The molecule has 0 aromatic rings. The Hall–Kier alpha value is 0.120. The van der Waals surface area contributed by atoms with Crippen LogP contribution in [0.4, 0.5) is 0 Å². The first-order chi connectivity index (χ1) is 7.71. The zero-order valence-corrected chi connectivity index (χ0v) is 13.4. The Labute approximate surface area is 117 Å². The summed E-state index contributed by atoms with van der Waals surface area (Å²) in [6.45, 7) is 7.62. The lowest BCUT2D eigenvalue weighted by molar-refractivity contribution is 0.150. The molecule has 1 aliphatic heterocycles. The van der Waals surface area contributed by atoms with Crippen molar-refractivity contribution in [1.29, 1.82) is 0 Å². The maximum Gasteiger partial charge on any atom is 0.281 e. The smallest absolute Gasteiger partial charge is 0.281 e. The van der Waals surface area contributed by atoms with Crippen molar-refractivity contribution in [2.45, 2.75) is 39.7 Å². The Morgan fingerprint density at radius 1 is 1.44 bits per heavy atom. The fourth-order valence-corrected chi connectivity index (χ4v) is 3.79. The molecule has 0 radical (unpaired) electrons. The zero-order valence-electron chi connectivity index (χ0n) is 11.7. The van der Waals surface area contributed by atoms with E-state index in [9.17, 15) is 8.42 Å². The molecule has 1 fully saturated rings. The number of rotatable bonds is 4. The predicted molar refractivity (Wildman–Crippen MR) is 77.0 cm³/mol. The van der Waals surface area contributed by atoms with E-state index in [4.69, 9.17) is 5.73 Å². The van der Waals surface area contributed by atoms with E-state index >= 15 is 0 Å². The van der Waals surface area contributed by atoms with Crippen LogP contribution in [0.2, 0.25) is 0 Å². The Bertz CT molecular complexity index is 359. The second kappa shape index (κ2) is 6.52. The first kappa shape index (κ1) is 18.1. The van der Waals surface area contributed by atoms with Crippen LogP contribution in [0.25, 0.3) is 0 Å². The Balaban J connectivity index is 0.00000289. The lowest BCUT2D eigenvalue weighted by Gasteiger charge is -2.42. The summed E-state index contributed by atoms with van der Waals surface area (Å²) in [4.78, 5) is 0. The number of hydrogen-bond acceptors (Lipinski definition) is 3. The van der Waals surface area contributed by atoms with Gasteiger partial charge in [-0.3, -0.25) is 0 Å². The molecule has 0 aromatic carbocycles. The average Bonchev–Trinajstić information content (AvgIpc) is 2.22. The van der Waals surface area contributed by atoms with Crippen LogP contribution in [-0.2, 0) is 10.2 Å². The molecule has 1 unspecified atom stereocenters. The second-order valence-electron chi connectivity index (χ2n) is 5.55. The van der Waals surface area contributed by atoms with Gasteiger partial charge in [-0.2, -0.15) is 17.0 Å². The van der Waals surface area contributed by atoms with E-state index in [0.717, 1.165) is 12.8 Å². The Kier molecular flexibility index (Phi) is 6.56. The molecular formula is C11H26ClN3O2S. The first-order valence-electron chi connectivity index (χ1n) is 6.19. The van der Waals surface area contributed by atoms with Crippen LogP contribution in [0.5, 0.6) is 0 Å². The number of nitrogens with two attached hydrogens (primary N) is 1. The van der Waals surface area contributed by atoms with Gasteiger partial charge >= 0.3 is 0 Å². The molecule has 1 heterocycles. The van der Waals surface area contributed by atoms with E-state index in [2.05, 4.69) is 0 Å². The van der Waals surface area contributed by atoms with Crippen LogP contribution >= 0.6 is 12.4 Å². The molecule has 0 spiro atoms. The SMILES string of the molecule is CCCN(C)S(=O)(=O)N1CCC(N)C(C)(C)C1.Cl. The molecule has 0 saturated carbocycles. The molecule has 0 aromatic heterocycles. The van der Waals surface area contributed by atoms with Gasteiger partial charge in [0.2, 0.25) is 0 Å². The van der Waals surface area contributed by atoms with Crippen molar-refractivity contribution in [2.24, 2.45) is 11.1 Å². The van der Waals surface area contributed by atoms with Crippen LogP contribution in [0.15, 0.2) is 0 Å². The van der Waals surface area contributed by atoms with Crippen LogP contribution in [0.3, 0.4) is 0 Å². The number of hydrogen-bond donors (Lipinski definition) is 1. The standard InChI is InChI=1S/C11H25N3O2S.ClH/c1-5-7-13(4)17(15,16)14-8-6-10(12)11(2,3)9-14;/h10H,5-9,12H2,1-4H3;1H. The third kappa shape index (κ3) is 3.81. The van der Waals surface area contributed by atoms with Gasteiger partial charge in [-0.25, -0.2) is 0 Å². The number of halogens is 1. The fourth-order valence-electron chi connectivity index (χ4n) is 2.15. The van der Waals surface area contributed by atoms with Gasteiger partial charge in [0, 0.05) is 32.7 Å². The lowest BCUT2D eigenvalue weighted by Crippen LogP contribution is -2.56. The summed E-state index contributed by atoms with van der Waals surface area (Å²) < 4.78 is 27.6. The van der Waals surface area contributed by atoms with Crippen LogP contribution in [0.1, 0.15) is 33.6 Å². The fraction of sp³-hybridized carbons (Fsp3) is 1.00. The lowest BCUT2D eigenvalue weighted by atomic mass is 9.81. The number of nitrogens with zero attached hydrogens (tertiary/aromatic N) is 2. The molecule has 1 atom stereocenters. The molecular weight excluding hydrogens is 274 g/mol. The van der Waals surface area contributed by atoms with Crippen LogP contribution in [0, 0.1) is 5.41 Å². The maximum absolute atomic E-state index is 12.3. The maximum atomic E-state index is 12.3. The topological polar surface area (TPSA) is 66.6 Å². The summed E-state index contributed by atoms with van der Waals surface area (Å²) in [7, 11) is -1.67. The summed E-state index contributed by atoms with van der Waals surface area (Å²) in [5.74, 6) is 0. The van der Waals surface area contributed by atoms with Crippen molar-refractivity contribution < 1.29 is 8.42 Å². The molecule has 18 heavy (non-hydrogen) atoms. The van der Waals surface area contributed by atoms with Gasteiger partial charge in [0.1, 0.15) is 0 Å². The van der Waals surface area contributed by atoms with E-state index in [1.165, 1.54) is 4.31 Å². The molecule has 0 amide bonds. The van der Waals surface area contributed by atoms with Gasteiger partial charge in [-0.05, 0) is 18.3 Å². The van der Waals surface area contributed by atoms with Gasteiger partial charge < -0.3 is 5.73 Å². The van der Waals surface area contributed by atoms with E-state index in [0.29, 0.717) is 19.6 Å². The van der Waals surface area contributed by atoms with E-state index in [1.807, 2.05) is 20.8 Å². The second-order valence-corrected chi connectivity index (χ2v) is 7.58. The van der Waals surface area contributed by atoms with Gasteiger partial charge in [-0.1, -0.05) is 20.8 Å². The van der Waals surface area contributed by atoms with Crippen molar-refractivity contribution in [3.8, 4) is 0 Å². The highest BCUT2D eigenvalue weighted by Crippen LogP contribution is 2.29. The molecule has 0 bridgehead atoms. The summed E-state index contributed by atoms with van der Waals surface area (Å²) in [5, 5.41) is 0. The summed E-state index contributed by atoms with van der Waals surface area (Å²) >= 11 is 0. The van der Waals surface area contributed by atoms with Gasteiger partial charge in [0.15, 0.2) is 0 Å². The number of piperidine rings is 1. The van der Waals surface area contributed by atoms with E-state index < -0.39 is 10.2 Å². The highest BCUT2D eigenvalue weighted by Gasteiger charge is 2.39. The monoisotopic (exact) mass is 299 g/mol. The molecule has 7 heteroatoms. The van der Waals surface area contributed by atoms with Crippen molar-refractivity contribution in [3.05, 3.63) is 0 Å². The minimum atomic E-state index is -3.31. The van der Waals surface area contributed by atoms with Gasteiger partial charge in [-0.15, -0.1) is 12.4 Å². The summed E-state index contributed by atoms with van der Waals surface area (Å²) in [6, 6.07) is 0.0745. The normalized spacial score (nSPS) is 24.9. The molecule has 1 rings (SSSR count). The predicted octanol–water partition coefficient (Wildman–Crippen LogP) is 1.05. The molecule has 5 nitrogen and oxygen atoms in total. The third-order valence-corrected chi connectivity index (χ3v) is 5.47. The largest absolute Gasteiger partial charge is 0.327 e. The first-order valence-corrected chi connectivity index (χ1v) is 7.58. The Morgan fingerprint density at radius 2 is 2.00 bits per heavy atom. The quantitative estimate of drug-likeness (QED) is 0.844. The van der Waals surface area contributed by atoms with Crippen molar-refractivity contribution in [2.75, 3.05) is 26.7 Å². The molecule has 1 aliphatic rings. The van der Waals surface area contributed by atoms with Gasteiger partial charge in [0.05, 0.1) is 0 Å². The molecule has 0 aliphatic carbocycles. The molecule has 1 saturated heterocycles. The highest BCUT2D eigenvalue weighted by atomic mass is 35.5. The molecule has 2 N–H and O–H groups in total. The van der Waals surface area contributed by atoms with Crippen molar-refractivity contribution in [1.82, 2.24) is 8.61 Å². The third-order valence-electron chi connectivity index (χ3n) is 3.54. The van der Waals surface area contributed by atoms with Crippen LogP contribution < -0.4 is 5.73 Å².